The third kappa shape index (κ3) is 4.49. The van der Waals surface area contributed by atoms with Crippen molar-refractivity contribution in [2.45, 2.75) is 39.2 Å². The molecule has 0 bridgehead atoms. The van der Waals surface area contributed by atoms with E-state index in [0.717, 1.165) is 12.8 Å². The Morgan fingerprint density at radius 1 is 1.42 bits per heavy atom. The lowest BCUT2D eigenvalue weighted by Gasteiger charge is -2.31. The first kappa shape index (κ1) is 16.0. The number of hydrogen-bond donors (Lipinski definition) is 2. The molecular formula is C14H27N3O2. The van der Waals surface area contributed by atoms with Crippen LogP contribution in [0.15, 0.2) is 0 Å². The second-order valence-corrected chi connectivity index (χ2v) is 5.56. The largest absolute Gasteiger partial charge is 0.355 e. The molecule has 0 aromatic heterocycles. The van der Waals surface area contributed by atoms with Gasteiger partial charge in [-0.3, -0.25) is 9.59 Å². The van der Waals surface area contributed by atoms with Crippen molar-refractivity contribution in [3.8, 4) is 0 Å². The maximum Gasteiger partial charge on any atom is 0.225 e. The second-order valence-electron chi connectivity index (χ2n) is 5.56. The zero-order valence-electron chi connectivity index (χ0n) is 12.5. The fourth-order valence-corrected chi connectivity index (χ4v) is 2.74. The minimum atomic E-state index is -0.197. The van der Waals surface area contributed by atoms with E-state index in [1.165, 1.54) is 0 Å². The lowest BCUT2D eigenvalue weighted by atomic mass is 9.93. The van der Waals surface area contributed by atoms with Crippen LogP contribution in [0.3, 0.4) is 0 Å². The number of hydrogen-bond acceptors (Lipinski definition) is 3. The fourth-order valence-electron chi connectivity index (χ4n) is 2.74. The Morgan fingerprint density at radius 3 is 2.47 bits per heavy atom. The quantitative estimate of drug-likeness (QED) is 0.712. The standard InChI is InChI=1S/C14H27N3O2/c1-5-10(6-2)12(17(3)4)9-16-14(19)11-7-13(18)15-8-11/h10-12H,5-9H2,1-4H3,(H,15,18)(H,16,19). The van der Waals surface area contributed by atoms with E-state index in [4.69, 9.17) is 0 Å². The molecule has 1 fully saturated rings. The molecule has 2 N–H and O–H groups in total. The number of nitrogens with one attached hydrogen (secondary N) is 2. The first-order valence-corrected chi connectivity index (χ1v) is 7.20. The summed E-state index contributed by atoms with van der Waals surface area (Å²) in [5.74, 6) is 0.358. The van der Waals surface area contributed by atoms with E-state index >= 15 is 0 Å². The van der Waals surface area contributed by atoms with E-state index in [1.54, 1.807) is 0 Å². The SMILES string of the molecule is CCC(CC)C(CNC(=O)C1CNC(=O)C1)N(C)C. The average molecular weight is 269 g/mol. The molecular weight excluding hydrogens is 242 g/mol. The topological polar surface area (TPSA) is 61.4 Å². The van der Waals surface area contributed by atoms with Crippen molar-refractivity contribution in [3.63, 3.8) is 0 Å². The molecule has 5 heteroatoms. The van der Waals surface area contributed by atoms with E-state index in [-0.39, 0.29) is 17.7 Å². The smallest absolute Gasteiger partial charge is 0.225 e. The van der Waals surface area contributed by atoms with Crippen LogP contribution in [0.4, 0.5) is 0 Å². The maximum absolute atomic E-state index is 12.0. The van der Waals surface area contributed by atoms with Crippen molar-refractivity contribution < 1.29 is 9.59 Å². The van der Waals surface area contributed by atoms with Crippen LogP contribution in [0, 0.1) is 11.8 Å². The first-order valence-electron chi connectivity index (χ1n) is 7.20. The van der Waals surface area contributed by atoms with Crippen molar-refractivity contribution in [2.75, 3.05) is 27.2 Å². The van der Waals surface area contributed by atoms with Crippen molar-refractivity contribution in [2.24, 2.45) is 11.8 Å². The summed E-state index contributed by atoms with van der Waals surface area (Å²) in [7, 11) is 4.10. The molecule has 2 amide bonds. The monoisotopic (exact) mass is 269 g/mol. The van der Waals surface area contributed by atoms with Gasteiger partial charge in [-0.2, -0.15) is 0 Å². The third-order valence-corrected chi connectivity index (χ3v) is 4.09. The van der Waals surface area contributed by atoms with Crippen molar-refractivity contribution in [3.05, 3.63) is 0 Å². The van der Waals surface area contributed by atoms with Gasteiger partial charge in [0, 0.05) is 25.6 Å². The van der Waals surface area contributed by atoms with E-state index in [9.17, 15) is 9.59 Å². The highest BCUT2D eigenvalue weighted by Gasteiger charge is 2.29. The number of likely N-dealkylation sites (N-methyl/N-ethyl adjacent to an activating group) is 1. The van der Waals surface area contributed by atoms with Gasteiger partial charge in [0.25, 0.3) is 0 Å². The number of carbonyl (C=O) groups is 2. The van der Waals surface area contributed by atoms with Gasteiger partial charge in [-0.15, -0.1) is 0 Å². The number of carbonyl (C=O) groups excluding carboxylic acids is 2. The van der Waals surface area contributed by atoms with E-state index in [1.807, 2.05) is 0 Å². The molecule has 0 radical (unpaired) electrons. The average Bonchev–Trinajstić information content (AvgIpc) is 2.80. The minimum Gasteiger partial charge on any atom is -0.355 e. The summed E-state index contributed by atoms with van der Waals surface area (Å²) in [5, 5.41) is 5.70. The predicted molar refractivity (Wildman–Crippen MR) is 75.7 cm³/mol. The molecule has 2 unspecified atom stereocenters. The molecule has 2 atom stereocenters. The summed E-state index contributed by atoms with van der Waals surface area (Å²) >= 11 is 0. The molecule has 0 aromatic carbocycles. The highest BCUT2D eigenvalue weighted by molar-refractivity contribution is 5.89. The molecule has 0 spiro atoms. The van der Waals surface area contributed by atoms with Gasteiger partial charge < -0.3 is 15.5 Å². The van der Waals surface area contributed by atoms with Crippen molar-refractivity contribution >= 4 is 11.8 Å². The Morgan fingerprint density at radius 2 is 2.05 bits per heavy atom. The highest BCUT2D eigenvalue weighted by atomic mass is 16.2. The fraction of sp³-hybridized carbons (Fsp3) is 0.857. The Kier molecular flexibility index (Phi) is 6.28. The summed E-state index contributed by atoms with van der Waals surface area (Å²) in [4.78, 5) is 25.3. The van der Waals surface area contributed by atoms with Crippen LogP contribution in [0.2, 0.25) is 0 Å². The zero-order valence-corrected chi connectivity index (χ0v) is 12.5. The molecule has 0 aliphatic carbocycles. The molecule has 1 aliphatic heterocycles. The number of amides is 2. The normalized spacial score (nSPS) is 20.7. The second kappa shape index (κ2) is 7.48. The number of nitrogens with zero attached hydrogens (tertiary/aromatic N) is 1. The van der Waals surface area contributed by atoms with Gasteiger partial charge in [-0.05, 0) is 20.0 Å². The van der Waals surface area contributed by atoms with Gasteiger partial charge in [0.05, 0.1) is 5.92 Å². The molecule has 1 rings (SSSR count). The van der Waals surface area contributed by atoms with Gasteiger partial charge in [-0.25, -0.2) is 0 Å². The Bertz CT molecular complexity index is 314. The van der Waals surface area contributed by atoms with Crippen molar-refractivity contribution in [1.29, 1.82) is 0 Å². The highest BCUT2D eigenvalue weighted by Crippen LogP contribution is 2.17. The summed E-state index contributed by atoms with van der Waals surface area (Å²) in [5.41, 5.74) is 0. The van der Waals surface area contributed by atoms with Gasteiger partial charge in [-0.1, -0.05) is 26.7 Å². The Hall–Kier alpha value is -1.10. The van der Waals surface area contributed by atoms with E-state index < -0.39 is 0 Å². The lowest BCUT2D eigenvalue weighted by molar-refractivity contribution is -0.126. The van der Waals surface area contributed by atoms with Crippen molar-refractivity contribution in [1.82, 2.24) is 15.5 Å². The van der Waals surface area contributed by atoms with Gasteiger partial charge >= 0.3 is 0 Å². The van der Waals surface area contributed by atoms with E-state index in [2.05, 4.69) is 43.5 Å². The minimum absolute atomic E-state index is 0.00356. The van der Waals surface area contributed by atoms with Crippen LogP contribution >= 0.6 is 0 Å². The van der Waals surface area contributed by atoms with Crippen LogP contribution in [0.25, 0.3) is 0 Å². The molecule has 5 nitrogen and oxygen atoms in total. The van der Waals surface area contributed by atoms with Gasteiger partial charge in [0.15, 0.2) is 0 Å². The molecule has 1 aliphatic rings. The van der Waals surface area contributed by atoms with Crippen LogP contribution < -0.4 is 10.6 Å². The van der Waals surface area contributed by atoms with Crippen LogP contribution in [0.5, 0.6) is 0 Å². The molecule has 1 saturated heterocycles. The third-order valence-electron chi connectivity index (χ3n) is 4.09. The Labute approximate surface area is 116 Å². The summed E-state index contributed by atoms with van der Waals surface area (Å²) in [6.45, 7) is 5.50. The summed E-state index contributed by atoms with van der Waals surface area (Å²) in [6, 6.07) is 0.351. The van der Waals surface area contributed by atoms with Crippen LogP contribution in [0.1, 0.15) is 33.1 Å². The summed E-state index contributed by atoms with van der Waals surface area (Å²) in [6.07, 6.45) is 2.54. The van der Waals surface area contributed by atoms with Crippen LogP contribution in [-0.2, 0) is 9.59 Å². The molecule has 110 valence electrons. The predicted octanol–water partition coefficient (Wildman–Crippen LogP) is 0.605. The molecule has 19 heavy (non-hydrogen) atoms. The molecule has 0 aromatic rings. The maximum atomic E-state index is 12.0. The first-order chi connectivity index (χ1) is 8.99. The molecule has 1 heterocycles. The molecule has 0 saturated carbocycles. The van der Waals surface area contributed by atoms with Crippen LogP contribution in [-0.4, -0.2) is 49.9 Å². The zero-order chi connectivity index (χ0) is 14.4. The summed E-state index contributed by atoms with van der Waals surface area (Å²) < 4.78 is 0. The lowest BCUT2D eigenvalue weighted by Crippen LogP contribution is -2.46. The number of rotatable bonds is 7. The Balaban J connectivity index is 2.47. The van der Waals surface area contributed by atoms with Gasteiger partial charge in [0.1, 0.15) is 0 Å². The van der Waals surface area contributed by atoms with E-state index in [0.29, 0.717) is 31.5 Å². The van der Waals surface area contributed by atoms with Gasteiger partial charge in [0.2, 0.25) is 11.8 Å².